The minimum Gasteiger partial charge on any atom is -0.595 e. The summed E-state index contributed by atoms with van der Waals surface area (Å²) >= 11 is 0. The van der Waals surface area contributed by atoms with Crippen LogP contribution in [0.5, 0.6) is 0 Å². The molecule has 12 heavy (non-hydrogen) atoms. The van der Waals surface area contributed by atoms with E-state index in [1.165, 1.54) is 0 Å². The first-order valence-electron chi connectivity index (χ1n) is 4.13. The molecule has 2 atom stereocenters. The molecule has 0 fully saturated rings. The van der Waals surface area contributed by atoms with Crippen molar-refractivity contribution in [3.8, 4) is 0 Å². The molecule has 1 aromatic rings. The molecule has 0 saturated carbocycles. The van der Waals surface area contributed by atoms with Gasteiger partial charge in [-0.25, -0.2) is 0 Å². The predicted molar refractivity (Wildman–Crippen MR) is 44.5 cm³/mol. The summed E-state index contributed by atoms with van der Waals surface area (Å²) < 4.78 is 0. The van der Waals surface area contributed by atoms with Crippen LogP contribution in [0.1, 0.15) is 25.0 Å². The van der Waals surface area contributed by atoms with Gasteiger partial charge in [0.25, 0.3) is 0 Å². The summed E-state index contributed by atoms with van der Waals surface area (Å²) in [4.78, 5) is 5.14. The molecular weight excluding hydrogens is 154 g/mol. The Morgan fingerprint density at radius 2 is 2.25 bits per heavy atom. The van der Waals surface area contributed by atoms with Crippen LogP contribution >= 0.6 is 0 Å². The van der Waals surface area contributed by atoms with Gasteiger partial charge >= 0.3 is 0 Å². The lowest BCUT2D eigenvalue weighted by Crippen LogP contribution is -2.99. The van der Waals surface area contributed by atoms with Gasteiger partial charge in [0, 0.05) is 6.07 Å². The molecule has 0 aliphatic carbocycles. The summed E-state index contributed by atoms with van der Waals surface area (Å²) in [5.74, 6) is 0. The van der Waals surface area contributed by atoms with Gasteiger partial charge in [-0.05, 0) is 6.42 Å². The minimum atomic E-state index is -0.183. The Morgan fingerprint density at radius 1 is 1.50 bits per heavy atom. The van der Waals surface area contributed by atoms with E-state index in [1.54, 1.807) is 0 Å². The number of hydrogen-bond acceptors (Lipinski definition) is 2. The van der Waals surface area contributed by atoms with Crippen molar-refractivity contribution in [1.82, 2.24) is 0 Å². The Hall–Kier alpha value is -0.900. The topological polar surface area (TPSA) is 36.7 Å². The second kappa shape index (κ2) is 2.86. The van der Waals surface area contributed by atoms with Crippen LogP contribution in [0.3, 0.4) is 0 Å². The van der Waals surface area contributed by atoms with E-state index in [0.717, 1.165) is 17.7 Å². The second-order valence-electron chi connectivity index (χ2n) is 2.89. The van der Waals surface area contributed by atoms with E-state index in [-0.39, 0.29) is 11.3 Å². The maximum atomic E-state index is 11.2. The molecule has 0 aromatic heterocycles. The Bertz CT molecular complexity index is 288. The van der Waals surface area contributed by atoms with E-state index in [2.05, 4.69) is 0 Å². The average molecular weight is 165 g/mol. The average Bonchev–Trinajstić information content (AvgIpc) is 2.44. The highest BCUT2D eigenvalue weighted by atomic mass is 16.9. The highest BCUT2D eigenvalue weighted by Gasteiger charge is 2.28. The van der Waals surface area contributed by atoms with Crippen LogP contribution in [0.2, 0.25) is 0 Å². The monoisotopic (exact) mass is 165 g/mol. The molecule has 3 heteroatoms. The van der Waals surface area contributed by atoms with Crippen molar-refractivity contribution >= 4 is 5.69 Å². The molecule has 64 valence electrons. The van der Waals surface area contributed by atoms with Crippen LogP contribution in [-0.4, -0.2) is 0 Å². The van der Waals surface area contributed by atoms with Gasteiger partial charge in [-0.15, -0.1) is 0 Å². The van der Waals surface area contributed by atoms with Gasteiger partial charge in [0.05, 0.1) is 5.56 Å². The van der Waals surface area contributed by atoms with Crippen LogP contribution in [-0.2, 0) is 4.84 Å². The summed E-state index contributed by atoms with van der Waals surface area (Å²) in [7, 11) is 0. The summed E-state index contributed by atoms with van der Waals surface area (Å²) in [6, 6.07) is 7.56. The maximum absolute atomic E-state index is 11.2. The number of rotatable bonds is 1. The molecule has 1 aromatic carbocycles. The number of benzene rings is 1. The van der Waals surface area contributed by atoms with Gasteiger partial charge in [0.2, 0.25) is 0 Å². The first kappa shape index (κ1) is 7.73. The zero-order chi connectivity index (χ0) is 8.55. The smallest absolute Gasteiger partial charge is 0.170 e. The summed E-state index contributed by atoms with van der Waals surface area (Å²) in [5.41, 5.74) is 1.76. The molecule has 1 aliphatic heterocycles. The zero-order valence-corrected chi connectivity index (χ0v) is 6.91. The van der Waals surface area contributed by atoms with Crippen molar-refractivity contribution in [3.05, 3.63) is 35.0 Å². The van der Waals surface area contributed by atoms with Crippen LogP contribution in [0.4, 0.5) is 5.69 Å². The summed E-state index contributed by atoms with van der Waals surface area (Å²) in [6.07, 6.45) is 0.830. The Morgan fingerprint density at radius 3 is 3.00 bits per heavy atom. The zero-order valence-electron chi connectivity index (χ0n) is 6.91. The number of hydrogen-bond donors (Lipinski definition) is 1. The van der Waals surface area contributed by atoms with Crippen LogP contribution in [0, 0.1) is 5.21 Å². The van der Waals surface area contributed by atoms with Crippen molar-refractivity contribution in [2.75, 3.05) is 0 Å². The quantitative estimate of drug-likeness (QED) is 0.632. The van der Waals surface area contributed by atoms with Crippen molar-refractivity contribution < 1.29 is 10.1 Å². The largest absolute Gasteiger partial charge is 0.595 e. The Balaban J connectivity index is 2.43. The summed E-state index contributed by atoms with van der Waals surface area (Å²) in [5, 5.41) is 11.0. The molecule has 1 heterocycles. The van der Waals surface area contributed by atoms with Gasteiger partial charge in [-0.1, -0.05) is 25.1 Å². The van der Waals surface area contributed by atoms with Crippen LogP contribution < -0.4 is 5.23 Å². The SMILES string of the molecule is CCC1O[NH+]([O-])c2ccccc21. The lowest BCUT2D eigenvalue weighted by atomic mass is 10.1. The van der Waals surface area contributed by atoms with Gasteiger partial charge in [0.15, 0.2) is 5.69 Å². The molecule has 2 unspecified atom stereocenters. The molecular formula is C9H11NO2. The van der Waals surface area contributed by atoms with E-state index in [1.807, 2.05) is 31.2 Å². The van der Waals surface area contributed by atoms with Crippen LogP contribution in [0.25, 0.3) is 0 Å². The minimum absolute atomic E-state index is 0.0197. The first-order chi connectivity index (χ1) is 5.83. The number of nitrogens with one attached hydrogen (secondary N) is 1. The lowest BCUT2D eigenvalue weighted by molar-refractivity contribution is -0.996. The molecule has 2 rings (SSSR count). The van der Waals surface area contributed by atoms with Gasteiger partial charge in [-0.2, -0.15) is 10.1 Å². The second-order valence-corrected chi connectivity index (χ2v) is 2.89. The van der Waals surface area contributed by atoms with Gasteiger partial charge in [-0.3, -0.25) is 0 Å². The first-order valence-corrected chi connectivity index (χ1v) is 4.13. The third-order valence-corrected chi connectivity index (χ3v) is 2.15. The molecule has 0 amide bonds. The van der Waals surface area contributed by atoms with Crippen molar-refractivity contribution in [1.29, 1.82) is 0 Å². The molecule has 0 saturated heterocycles. The highest BCUT2D eigenvalue weighted by Crippen LogP contribution is 2.28. The highest BCUT2D eigenvalue weighted by molar-refractivity contribution is 5.42. The summed E-state index contributed by atoms with van der Waals surface area (Å²) in [6.45, 7) is 2.01. The Kier molecular flexibility index (Phi) is 1.84. The molecule has 1 aliphatic rings. The molecule has 3 nitrogen and oxygen atoms in total. The van der Waals surface area contributed by atoms with E-state index >= 15 is 0 Å². The normalized spacial score (nSPS) is 27.2. The van der Waals surface area contributed by atoms with E-state index in [4.69, 9.17) is 4.84 Å². The van der Waals surface area contributed by atoms with E-state index in [9.17, 15) is 5.21 Å². The Labute approximate surface area is 71.1 Å². The fourth-order valence-electron chi connectivity index (χ4n) is 1.52. The van der Waals surface area contributed by atoms with Crippen molar-refractivity contribution in [2.24, 2.45) is 0 Å². The van der Waals surface area contributed by atoms with E-state index in [0.29, 0.717) is 0 Å². The molecule has 0 bridgehead atoms. The van der Waals surface area contributed by atoms with Crippen molar-refractivity contribution in [3.63, 3.8) is 0 Å². The van der Waals surface area contributed by atoms with Gasteiger partial charge in [0.1, 0.15) is 6.10 Å². The lowest BCUT2D eigenvalue weighted by Gasteiger charge is -2.12. The fraction of sp³-hybridized carbons (Fsp3) is 0.333. The predicted octanol–water partition coefficient (Wildman–Crippen LogP) is 1.10. The van der Waals surface area contributed by atoms with Crippen molar-refractivity contribution in [2.45, 2.75) is 19.4 Å². The van der Waals surface area contributed by atoms with Crippen LogP contribution in [0.15, 0.2) is 24.3 Å². The standard InChI is InChI=1S/C9H11NO2/c1-2-9-7-5-3-4-6-8(7)10(11)12-9/h3-6,9-10H,2H2,1H3. The molecule has 1 N–H and O–H groups in total. The number of quaternary nitrogens is 1. The van der Waals surface area contributed by atoms with E-state index < -0.39 is 0 Å². The van der Waals surface area contributed by atoms with Gasteiger partial charge < -0.3 is 5.21 Å². The molecule has 0 spiro atoms. The maximum Gasteiger partial charge on any atom is 0.170 e. The molecule has 0 radical (unpaired) electrons. The third kappa shape index (κ3) is 1.03. The fourth-order valence-corrected chi connectivity index (χ4v) is 1.52. The number of fused-ring (bicyclic) bond motifs is 1. The third-order valence-electron chi connectivity index (χ3n) is 2.15.